The van der Waals surface area contributed by atoms with Gasteiger partial charge in [-0.05, 0) is 56.7 Å². The maximum Gasteiger partial charge on any atom is 0.345 e. The lowest BCUT2D eigenvalue weighted by Gasteiger charge is -2.27. The van der Waals surface area contributed by atoms with Crippen LogP contribution >= 0.6 is 0 Å². The molecule has 0 spiro atoms. The number of para-hydroxylation sites is 1. The van der Waals surface area contributed by atoms with Crippen LogP contribution in [0.5, 0.6) is 0 Å². The van der Waals surface area contributed by atoms with Crippen molar-refractivity contribution >= 4 is 33.2 Å². The van der Waals surface area contributed by atoms with Gasteiger partial charge in [0.15, 0.2) is 5.65 Å². The second-order valence-corrected chi connectivity index (χ2v) is 11.7. The largest absolute Gasteiger partial charge is 0.458 e. The second kappa shape index (κ2) is 8.37. The molecule has 1 aliphatic rings. The molecule has 8 nitrogen and oxygen atoms in total. The molecule has 0 bridgehead atoms. The van der Waals surface area contributed by atoms with Crippen LogP contribution in [0.1, 0.15) is 37.7 Å². The van der Waals surface area contributed by atoms with Crippen LogP contribution in [-0.2, 0) is 30.8 Å². The predicted octanol–water partition coefficient (Wildman–Crippen LogP) is 2.77. The van der Waals surface area contributed by atoms with Gasteiger partial charge in [-0.2, -0.15) is 0 Å². The molecule has 0 N–H and O–H groups in total. The summed E-state index contributed by atoms with van der Waals surface area (Å²) >= 11 is 0. The molecule has 2 aromatic heterocycles. The number of ether oxygens (including phenoxy) is 1. The number of hydrogen-bond donors (Lipinski definition) is 0. The average Bonchev–Trinajstić information content (AvgIpc) is 3.36. The lowest BCUT2D eigenvalue weighted by Crippen LogP contribution is -2.38. The van der Waals surface area contributed by atoms with Gasteiger partial charge in [0.1, 0.15) is 16.8 Å². The number of nitrogens with zero attached hydrogens (tertiary/aromatic N) is 4. The van der Waals surface area contributed by atoms with E-state index in [0.29, 0.717) is 22.1 Å². The second-order valence-electron chi connectivity index (χ2n) is 9.84. The van der Waals surface area contributed by atoms with E-state index in [2.05, 4.69) is 4.98 Å². The molecule has 0 radical (unpaired) electrons. The Hall–Kier alpha value is -3.85. The smallest absolute Gasteiger partial charge is 0.345 e. The maximum absolute atomic E-state index is 13.5. The molecule has 0 fully saturated rings. The Bertz CT molecular complexity index is 1680. The fourth-order valence-electron chi connectivity index (χ4n) is 4.31. The molecule has 36 heavy (non-hydrogen) atoms. The number of aryl methyl sites for hydroxylation is 1. The third-order valence-corrected chi connectivity index (χ3v) is 7.52. The molecular formula is C27H26N4O4S. The SMILES string of the molecule is Cc1cc2nc(C3(C(=O)OC(C)(C)C)C=c4ccccc4=N3)cnc2n1S(=O)(=O)Cc1ccccc1. The fourth-order valence-corrected chi connectivity index (χ4v) is 5.95. The van der Waals surface area contributed by atoms with E-state index >= 15 is 0 Å². The van der Waals surface area contributed by atoms with Gasteiger partial charge in [0.25, 0.3) is 0 Å². The minimum atomic E-state index is -3.77. The summed E-state index contributed by atoms with van der Waals surface area (Å²) < 4.78 is 33.6. The summed E-state index contributed by atoms with van der Waals surface area (Å²) in [5.41, 5.74) is -0.323. The molecule has 3 heterocycles. The maximum atomic E-state index is 13.5. The van der Waals surface area contributed by atoms with Crippen molar-refractivity contribution in [1.29, 1.82) is 0 Å². The third-order valence-electron chi connectivity index (χ3n) is 5.81. The van der Waals surface area contributed by atoms with Gasteiger partial charge in [-0.25, -0.2) is 27.2 Å². The van der Waals surface area contributed by atoms with Gasteiger partial charge in [0.2, 0.25) is 15.6 Å². The van der Waals surface area contributed by atoms with Crippen molar-refractivity contribution < 1.29 is 17.9 Å². The van der Waals surface area contributed by atoms with E-state index in [0.717, 1.165) is 5.22 Å². The minimum absolute atomic E-state index is 0.178. The van der Waals surface area contributed by atoms with E-state index in [1.54, 1.807) is 64.1 Å². The zero-order chi connectivity index (χ0) is 25.7. The molecule has 0 saturated carbocycles. The van der Waals surface area contributed by atoms with Crippen molar-refractivity contribution in [3.63, 3.8) is 0 Å². The fraction of sp³-hybridized carbons (Fsp3) is 0.259. The predicted molar refractivity (Wildman–Crippen MR) is 136 cm³/mol. The number of benzene rings is 2. The van der Waals surface area contributed by atoms with E-state index in [1.165, 1.54) is 10.2 Å². The zero-order valence-corrected chi connectivity index (χ0v) is 21.3. The highest BCUT2D eigenvalue weighted by Gasteiger charge is 2.45. The van der Waals surface area contributed by atoms with Gasteiger partial charge in [-0.3, -0.25) is 4.99 Å². The van der Waals surface area contributed by atoms with Crippen LogP contribution in [0.2, 0.25) is 0 Å². The third kappa shape index (κ3) is 4.19. The summed E-state index contributed by atoms with van der Waals surface area (Å²) in [6.07, 6.45) is 3.13. The summed E-state index contributed by atoms with van der Waals surface area (Å²) in [5.74, 6) is -0.755. The van der Waals surface area contributed by atoms with Crippen LogP contribution < -0.4 is 10.6 Å². The molecule has 0 aliphatic carbocycles. The van der Waals surface area contributed by atoms with Crippen molar-refractivity contribution in [1.82, 2.24) is 13.9 Å². The molecule has 4 aromatic rings. The van der Waals surface area contributed by atoms with Crippen LogP contribution in [-0.4, -0.2) is 33.9 Å². The lowest BCUT2D eigenvalue weighted by molar-refractivity contribution is -0.159. The van der Waals surface area contributed by atoms with E-state index < -0.39 is 27.1 Å². The van der Waals surface area contributed by atoms with Gasteiger partial charge in [-0.15, -0.1) is 0 Å². The number of hydrogen-bond acceptors (Lipinski definition) is 7. The molecule has 9 heteroatoms. The summed E-state index contributed by atoms with van der Waals surface area (Å²) in [7, 11) is -3.77. The van der Waals surface area contributed by atoms with Crippen LogP contribution in [0.25, 0.3) is 17.2 Å². The van der Waals surface area contributed by atoms with E-state index in [9.17, 15) is 13.2 Å². The Kier molecular flexibility index (Phi) is 5.55. The van der Waals surface area contributed by atoms with Gasteiger partial charge in [0.05, 0.1) is 17.3 Å². The van der Waals surface area contributed by atoms with Gasteiger partial charge in [-0.1, -0.05) is 48.5 Å². The molecule has 1 unspecified atom stereocenters. The van der Waals surface area contributed by atoms with Gasteiger partial charge < -0.3 is 4.74 Å². The first-order valence-electron chi connectivity index (χ1n) is 11.5. The van der Waals surface area contributed by atoms with Crippen molar-refractivity contribution in [2.75, 3.05) is 0 Å². The summed E-state index contributed by atoms with van der Waals surface area (Å²) in [6, 6.07) is 18.0. The van der Waals surface area contributed by atoms with Gasteiger partial charge >= 0.3 is 5.97 Å². The molecular weight excluding hydrogens is 476 g/mol. The highest BCUT2D eigenvalue weighted by molar-refractivity contribution is 7.89. The number of esters is 1. The van der Waals surface area contributed by atoms with Crippen molar-refractivity contribution in [2.45, 2.75) is 44.6 Å². The Labute approximate surface area is 209 Å². The topological polar surface area (TPSA) is 104 Å². The van der Waals surface area contributed by atoms with Crippen molar-refractivity contribution in [3.8, 4) is 0 Å². The molecule has 5 rings (SSSR count). The standard InChI is InChI=1S/C27H26N4O4S/c1-18-14-22-24(31(18)36(33,34)17-19-10-6-5-7-11-19)28-16-23(29-22)27(25(32)35-26(2,3)4)15-20-12-8-9-13-21(20)30-27/h5-16H,17H2,1-4H3. The number of rotatable bonds is 5. The van der Waals surface area contributed by atoms with Crippen LogP contribution in [0, 0.1) is 6.92 Å². The number of aromatic nitrogens is 3. The van der Waals surface area contributed by atoms with Gasteiger partial charge in [0, 0.05) is 5.69 Å². The molecule has 0 saturated heterocycles. The van der Waals surface area contributed by atoms with Crippen LogP contribution in [0.3, 0.4) is 0 Å². The normalized spacial score (nSPS) is 17.3. The first-order chi connectivity index (χ1) is 17.0. The van der Waals surface area contributed by atoms with Crippen LogP contribution in [0.15, 0.2) is 71.9 Å². The highest BCUT2D eigenvalue weighted by atomic mass is 32.2. The average molecular weight is 503 g/mol. The Morgan fingerprint density at radius 2 is 1.75 bits per heavy atom. The quantitative estimate of drug-likeness (QED) is 0.389. The van der Waals surface area contributed by atoms with Crippen molar-refractivity contribution in [2.24, 2.45) is 4.99 Å². The highest BCUT2D eigenvalue weighted by Crippen LogP contribution is 2.32. The van der Waals surface area contributed by atoms with E-state index in [-0.39, 0.29) is 17.1 Å². The number of fused-ring (bicyclic) bond motifs is 2. The molecule has 2 aromatic carbocycles. The summed E-state index contributed by atoms with van der Waals surface area (Å²) in [4.78, 5) is 27.4. The monoisotopic (exact) mass is 502 g/mol. The van der Waals surface area contributed by atoms with Crippen molar-refractivity contribution in [3.05, 3.63) is 94.4 Å². The zero-order valence-electron chi connectivity index (χ0n) is 20.5. The first kappa shape index (κ1) is 23.9. The summed E-state index contributed by atoms with van der Waals surface area (Å²) in [5, 5.41) is 1.42. The molecule has 184 valence electrons. The Balaban J connectivity index is 1.64. The molecule has 0 amide bonds. The Morgan fingerprint density at radius 3 is 2.44 bits per heavy atom. The van der Waals surface area contributed by atoms with E-state index in [1.807, 2.05) is 30.3 Å². The number of carbonyl (C=O) groups excluding carboxylic acids is 1. The summed E-state index contributed by atoms with van der Waals surface area (Å²) in [6.45, 7) is 7.06. The minimum Gasteiger partial charge on any atom is -0.458 e. The molecule has 1 aliphatic heterocycles. The number of carbonyl (C=O) groups is 1. The first-order valence-corrected chi connectivity index (χ1v) is 13.1. The van der Waals surface area contributed by atoms with E-state index in [4.69, 9.17) is 14.7 Å². The lowest BCUT2D eigenvalue weighted by atomic mass is 9.96. The molecule has 1 atom stereocenters. The van der Waals surface area contributed by atoms with Crippen LogP contribution in [0.4, 0.5) is 0 Å². The Morgan fingerprint density at radius 1 is 1.06 bits per heavy atom.